The summed E-state index contributed by atoms with van der Waals surface area (Å²) in [6, 6.07) is 4.03. The van der Waals surface area contributed by atoms with Crippen LogP contribution in [0.15, 0.2) is 0 Å². The standard InChI is InChI=1S/C6H8N2.C2H7NO/c7-5-3-1-2-4-6-8;3-1-2-4/h1-4H2;4H,1-3H2. The molecule has 4 nitrogen and oxygen atoms in total. The van der Waals surface area contributed by atoms with Crippen LogP contribution in [0, 0.1) is 22.7 Å². The van der Waals surface area contributed by atoms with E-state index in [4.69, 9.17) is 21.4 Å². The Morgan fingerprint density at radius 2 is 1.42 bits per heavy atom. The van der Waals surface area contributed by atoms with Gasteiger partial charge in [-0.3, -0.25) is 0 Å². The van der Waals surface area contributed by atoms with Crippen LogP contribution in [0.2, 0.25) is 0 Å². The molecule has 0 aromatic rings. The fraction of sp³-hybridized carbons (Fsp3) is 0.750. The Bertz CT molecular complexity index is 127. The normalized spacial score (nSPS) is 7.33. The summed E-state index contributed by atoms with van der Waals surface area (Å²) in [6.45, 7) is 0.472. The fourth-order valence-electron chi connectivity index (χ4n) is 0.408. The molecule has 12 heavy (non-hydrogen) atoms. The Balaban J connectivity index is 0. The minimum absolute atomic E-state index is 0.0972. The molecule has 0 heterocycles. The quantitative estimate of drug-likeness (QED) is 0.600. The molecule has 0 atom stereocenters. The predicted octanol–water partition coefficient (Wildman–Crippen LogP) is 0.531. The van der Waals surface area contributed by atoms with Crippen LogP contribution in [0.25, 0.3) is 0 Å². The smallest absolute Gasteiger partial charge is 0.0621 e. The molecule has 68 valence electrons. The number of rotatable bonds is 4. The van der Waals surface area contributed by atoms with Crippen molar-refractivity contribution in [1.82, 2.24) is 0 Å². The highest BCUT2D eigenvalue weighted by Gasteiger charge is 1.83. The maximum absolute atomic E-state index is 8.03. The third-order valence-electron chi connectivity index (χ3n) is 0.956. The number of nitrogens with two attached hydrogens (primary N) is 1. The largest absolute Gasteiger partial charge is 0.395 e. The van der Waals surface area contributed by atoms with E-state index >= 15 is 0 Å². The molecule has 0 aliphatic rings. The van der Waals surface area contributed by atoms with Gasteiger partial charge in [0, 0.05) is 19.4 Å². The predicted molar refractivity (Wildman–Crippen MR) is 45.8 cm³/mol. The van der Waals surface area contributed by atoms with Gasteiger partial charge in [0.1, 0.15) is 0 Å². The summed E-state index contributed by atoms with van der Waals surface area (Å²) >= 11 is 0. The van der Waals surface area contributed by atoms with E-state index in [2.05, 4.69) is 0 Å². The van der Waals surface area contributed by atoms with Gasteiger partial charge in [0.15, 0.2) is 0 Å². The molecule has 0 aliphatic carbocycles. The zero-order valence-electron chi connectivity index (χ0n) is 7.16. The van der Waals surface area contributed by atoms with Gasteiger partial charge in [-0.2, -0.15) is 10.5 Å². The third-order valence-corrected chi connectivity index (χ3v) is 0.956. The van der Waals surface area contributed by atoms with E-state index in [1.807, 2.05) is 12.1 Å². The molecule has 0 saturated carbocycles. The Morgan fingerprint density at radius 1 is 1.08 bits per heavy atom. The fourth-order valence-corrected chi connectivity index (χ4v) is 0.408. The molecule has 0 aliphatic heterocycles. The van der Waals surface area contributed by atoms with Gasteiger partial charge >= 0.3 is 0 Å². The zero-order valence-corrected chi connectivity index (χ0v) is 7.16. The first-order valence-corrected chi connectivity index (χ1v) is 3.88. The summed E-state index contributed by atoms with van der Waals surface area (Å²) in [6.07, 6.45) is 2.90. The highest BCUT2D eigenvalue weighted by Crippen LogP contribution is 1.95. The number of hydrogen-bond donors (Lipinski definition) is 2. The lowest BCUT2D eigenvalue weighted by atomic mass is 10.2. The van der Waals surface area contributed by atoms with Crippen LogP contribution in [0.3, 0.4) is 0 Å². The Hall–Kier alpha value is -1.10. The molecular formula is C8H15N3O. The molecule has 0 bridgehead atoms. The number of nitriles is 2. The van der Waals surface area contributed by atoms with Gasteiger partial charge in [0.2, 0.25) is 0 Å². The molecule has 0 unspecified atom stereocenters. The number of aliphatic hydroxyl groups is 1. The SMILES string of the molecule is N#CCCCCC#N.NCCO. The van der Waals surface area contributed by atoms with Crippen molar-refractivity contribution in [3.05, 3.63) is 0 Å². The molecule has 0 aromatic carbocycles. The summed E-state index contributed by atoms with van der Waals surface area (Å²) in [5.74, 6) is 0. The van der Waals surface area contributed by atoms with Gasteiger partial charge in [-0.05, 0) is 12.8 Å². The maximum atomic E-state index is 8.03. The van der Waals surface area contributed by atoms with Crippen molar-refractivity contribution in [1.29, 1.82) is 10.5 Å². The van der Waals surface area contributed by atoms with E-state index in [0.717, 1.165) is 12.8 Å². The minimum atomic E-state index is 0.0972. The number of unbranched alkanes of at least 4 members (excludes halogenated alkanes) is 3. The van der Waals surface area contributed by atoms with Gasteiger partial charge in [-0.15, -0.1) is 0 Å². The molecule has 0 rings (SSSR count). The summed E-state index contributed by atoms with van der Waals surface area (Å²) < 4.78 is 0. The van der Waals surface area contributed by atoms with Gasteiger partial charge in [0.05, 0.1) is 18.7 Å². The second-order valence-electron chi connectivity index (χ2n) is 2.04. The number of nitrogens with zero attached hydrogens (tertiary/aromatic N) is 2. The topological polar surface area (TPSA) is 93.8 Å². The van der Waals surface area contributed by atoms with Crippen molar-refractivity contribution < 1.29 is 5.11 Å². The van der Waals surface area contributed by atoms with Crippen molar-refractivity contribution in [2.45, 2.75) is 25.7 Å². The van der Waals surface area contributed by atoms with Crippen LogP contribution < -0.4 is 5.73 Å². The van der Waals surface area contributed by atoms with Crippen LogP contribution >= 0.6 is 0 Å². The van der Waals surface area contributed by atoms with Crippen LogP contribution in [-0.2, 0) is 0 Å². The number of aliphatic hydroxyl groups excluding tert-OH is 1. The highest BCUT2D eigenvalue weighted by molar-refractivity contribution is 4.72. The molecule has 0 radical (unpaired) electrons. The summed E-state index contributed by atoms with van der Waals surface area (Å²) in [5.41, 5.74) is 4.78. The van der Waals surface area contributed by atoms with Gasteiger partial charge in [-0.1, -0.05) is 0 Å². The van der Waals surface area contributed by atoms with Crippen LogP contribution in [0.5, 0.6) is 0 Å². The van der Waals surface area contributed by atoms with Crippen molar-refractivity contribution in [2.75, 3.05) is 13.2 Å². The first kappa shape index (κ1) is 13.5. The zero-order chi connectivity index (χ0) is 9.66. The van der Waals surface area contributed by atoms with Crippen LogP contribution in [0.1, 0.15) is 25.7 Å². The molecule has 0 saturated heterocycles. The molecule has 0 spiro atoms. The van der Waals surface area contributed by atoms with Crippen LogP contribution in [-0.4, -0.2) is 18.3 Å². The van der Waals surface area contributed by atoms with Crippen molar-refractivity contribution >= 4 is 0 Å². The van der Waals surface area contributed by atoms with Crippen molar-refractivity contribution in [3.8, 4) is 12.1 Å². The molecule has 0 amide bonds. The van der Waals surface area contributed by atoms with Gasteiger partial charge in [-0.25, -0.2) is 0 Å². The molecule has 4 heteroatoms. The monoisotopic (exact) mass is 169 g/mol. The van der Waals surface area contributed by atoms with E-state index in [1.165, 1.54) is 0 Å². The Morgan fingerprint density at radius 3 is 1.58 bits per heavy atom. The average Bonchev–Trinajstić information content (AvgIpc) is 2.13. The molecule has 0 fully saturated rings. The maximum Gasteiger partial charge on any atom is 0.0621 e. The van der Waals surface area contributed by atoms with E-state index in [9.17, 15) is 0 Å². The lowest BCUT2D eigenvalue weighted by Crippen LogP contribution is -2.02. The molecular weight excluding hydrogens is 154 g/mol. The summed E-state index contributed by atoms with van der Waals surface area (Å²) in [4.78, 5) is 0. The van der Waals surface area contributed by atoms with Crippen LogP contribution in [0.4, 0.5) is 0 Å². The van der Waals surface area contributed by atoms with E-state index < -0.39 is 0 Å². The van der Waals surface area contributed by atoms with Crippen molar-refractivity contribution in [3.63, 3.8) is 0 Å². The van der Waals surface area contributed by atoms with Gasteiger partial charge < -0.3 is 10.8 Å². The molecule has 0 aromatic heterocycles. The van der Waals surface area contributed by atoms with E-state index in [0.29, 0.717) is 19.4 Å². The van der Waals surface area contributed by atoms with Gasteiger partial charge in [0.25, 0.3) is 0 Å². The summed E-state index contributed by atoms with van der Waals surface area (Å²) in [7, 11) is 0. The second-order valence-corrected chi connectivity index (χ2v) is 2.04. The summed E-state index contributed by atoms with van der Waals surface area (Å²) in [5, 5.41) is 23.8. The lowest BCUT2D eigenvalue weighted by molar-refractivity contribution is 0.306. The highest BCUT2D eigenvalue weighted by atomic mass is 16.3. The van der Waals surface area contributed by atoms with E-state index in [1.54, 1.807) is 0 Å². The third kappa shape index (κ3) is 23.1. The lowest BCUT2D eigenvalue weighted by Gasteiger charge is -1.83. The average molecular weight is 169 g/mol. The molecule has 3 N–H and O–H groups in total. The number of hydrogen-bond acceptors (Lipinski definition) is 4. The Kier molecular flexibility index (Phi) is 18.5. The second kappa shape index (κ2) is 16.5. The first-order chi connectivity index (χ1) is 5.83. The minimum Gasteiger partial charge on any atom is -0.395 e. The van der Waals surface area contributed by atoms with Crippen molar-refractivity contribution in [2.24, 2.45) is 5.73 Å². The Labute approximate surface area is 73.2 Å². The first-order valence-electron chi connectivity index (χ1n) is 3.88. The van der Waals surface area contributed by atoms with E-state index in [-0.39, 0.29) is 6.61 Å².